The van der Waals surface area contributed by atoms with E-state index in [4.69, 9.17) is 27.3 Å². The van der Waals surface area contributed by atoms with E-state index in [0.717, 1.165) is 46.5 Å². The van der Waals surface area contributed by atoms with Crippen molar-refractivity contribution in [1.29, 1.82) is 0 Å². The van der Waals surface area contributed by atoms with Gasteiger partial charge in [0, 0.05) is 123 Å². The lowest BCUT2D eigenvalue weighted by atomic mass is 9.63. The average molecular weight is 1010 g/mol. The van der Waals surface area contributed by atoms with E-state index in [1.165, 1.54) is 33.0 Å². The predicted molar refractivity (Wildman–Crippen MR) is 278 cm³/mol. The lowest BCUT2D eigenvalue weighted by Crippen LogP contribution is -2.58. The number of alkyl halides is 1. The lowest BCUT2D eigenvalue weighted by Gasteiger charge is -2.44. The van der Waals surface area contributed by atoms with E-state index in [1.54, 1.807) is 11.0 Å². The number of fused-ring (bicyclic) bond motifs is 8. The fourth-order valence-electron chi connectivity index (χ4n) is 13.2. The van der Waals surface area contributed by atoms with Gasteiger partial charge in [-0.3, -0.25) is 34.0 Å². The van der Waals surface area contributed by atoms with Gasteiger partial charge in [0.25, 0.3) is 5.91 Å². The number of hydrogen-bond donors (Lipinski definition) is 1. The van der Waals surface area contributed by atoms with Gasteiger partial charge in [-0.05, 0) is 94.9 Å². The van der Waals surface area contributed by atoms with Crippen molar-refractivity contribution in [1.82, 2.24) is 33.7 Å². The van der Waals surface area contributed by atoms with Crippen LogP contribution in [-0.4, -0.2) is 161 Å². The number of carbonyl (C=O) groups excluding carboxylic acids is 5. The summed E-state index contributed by atoms with van der Waals surface area (Å²) in [5.74, 6) is -3.37. The minimum Gasteiger partial charge on any atom is -0.464 e. The number of pyridine rings is 1. The summed E-state index contributed by atoms with van der Waals surface area (Å²) in [6.07, 6.45) is 6.47. The number of esters is 1. The van der Waals surface area contributed by atoms with Gasteiger partial charge in [-0.25, -0.2) is 4.39 Å². The quantitative estimate of drug-likeness (QED) is 0.127. The molecular formula is C55H75FN8O7S. The number of halogens is 1. The normalized spacial score (nSPS) is 27.8. The van der Waals surface area contributed by atoms with Gasteiger partial charge in [0.15, 0.2) is 11.5 Å². The SMILES string of the molecule is CC[C@@H]1c2ncccc2-c2c3c4cc(ccc4n2CC)N2CCO[C@H](C2)C[C@@]2(CC2C(=O)[C@H](C(C)C)N(C)C(=O)C2(F)CCN(C(=O)/C=C/CN(C)C)CC2)C(=O)N2CCC[C@@H](C(=O)OCC(C)(C)C31)N2S. The first kappa shape index (κ1) is 52.0. The molecule has 3 aromatic rings. The number of nitrogens with zero attached hydrogens (tertiary/aromatic N) is 8. The van der Waals surface area contributed by atoms with Gasteiger partial charge in [0.1, 0.15) is 6.04 Å². The zero-order valence-corrected chi connectivity index (χ0v) is 44.6. The average Bonchev–Trinajstić information content (AvgIpc) is 4.00. The molecule has 0 radical (unpaired) electrons. The number of benzene rings is 1. The molecule has 1 spiro atoms. The number of Topliss-reactive ketones (excluding diaryl/α,β-unsaturated/α-hetero) is 1. The van der Waals surface area contributed by atoms with Crippen molar-refractivity contribution in [2.45, 2.75) is 129 Å². The molecule has 72 heavy (non-hydrogen) atoms. The second kappa shape index (κ2) is 20.1. The molecule has 6 aliphatic rings. The summed E-state index contributed by atoms with van der Waals surface area (Å²) in [7, 11) is 5.28. The predicted octanol–water partition coefficient (Wildman–Crippen LogP) is 7.05. The van der Waals surface area contributed by atoms with E-state index in [0.29, 0.717) is 39.1 Å². The molecule has 2 aliphatic carbocycles. The summed E-state index contributed by atoms with van der Waals surface area (Å²) in [5.41, 5.74) is 2.65. The first-order chi connectivity index (χ1) is 34.3. The number of anilines is 1. The molecule has 3 amide bonds. The van der Waals surface area contributed by atoms with Crippen molar-refractivity contribution >= 4 is 58.9 Å². The second-order valence-electron chi connectivity index (χ2n) is 22.7. The molecule has 2 aromatic heterocycles. The second-order valence-corrected chi connectivity index (χ2v) is 23.1. The highest BCUT2D eigenvalue weighted by atomic mass is 32.1. The summed E-state index contributed by atoms with van der Waals surface area (Å²) >= 11 is 4.89. The van der Waals surface area contributed by atoms with Crippen LogP contribution >= 0.6 is 12.8 Å². The van der Waals surface area contributed by atoms with E-state index >= 15 is 14.0 Å². The third-order valence-electron chi connectivity index (χ3n) is 16.9. The molecule has 4 fully saturated rings. The highest BCUT2D eigenvalue weighted by Gasteiger charge is 2.67. The number of piperidine rings is 1. The van der Waals surface area contributed by atoms with E-state index in [1.807, 2.05) is 45.1 Å². The lowest BCUT2D eigenvalue weighted by molar-refractivity contribution is -0.168. The highest BCUT2D eigenvalue weighted by Crippen LogP contribution is 2.61. The number of cyclic esters (lactones) is 1. The first-order valence-electron chi connectivity index (χ1n) is 26.3. The Hall–Kier alpha value is -4.84. The number of morpholine rings is 1. The topological polar surface area (TPSA) is 141 Å². The van der Waals surface area contributed by atoms with E-state index in [-0.39, 0.29) is 81.4 Å². The van der Waals surface area contributed by atoms with Crippen LogP contribution in [0.3, 0.4) is 0 Å². The largest absolute Gasteiger partial charge is 0.464 e. The van der Waals surface area contributed by atoms with Crippen LogP contribution in [0, 0.1) is 22.7 Å². The molecule has 1 saturated carbocycles. The van der Waals surface area contributed by atoms with Crippen LogP contribution in [0.4, 0.5) is 10.1 Å². The summed E-state index contributed by atoms with van der Waals surface area (Å²) in [5, 5.41) is 2.66. The van der Waals surface area contributed by atoms with Crippen molar-refractivity contribution in [3.05, 3.63) is 59.9 Å². The number of ketones is 1. The fourth-order valence-corrected chi connectivity index (χ4v) is 13.5. The molecule has 17 heteroatoms. The molecule has 6 heterocycles. The third kappa shape index (κ3) is 9.16. The van der Waals surface area contributed by atoms with Gasteiger partial charge in [-0.2, -0.15) is 4.41 Å². The molecule has 7 atom stereocenters. The first-order valence-corrected chi connectivity index (χ1v) is 26.7. The molecule has 0 N–H and O–H groups in total. The van der Waals surface area contributed by atoms with Crippen molar-refractivity contribution < 1.29 is 37.8 Å². The van der Waals surface area contributed by atoms with Crippen LogP contribution in [0.15, 0.2) is 48.7 Å². The minimum atomic E-state index is -2.27. The van der Waals surface area contributed by atoms with Crippen LogP contribution in [0.25, 0.3) is 22.2 Å². The summed E-state index contributed by atoms with van der Waals surface area (Å²) in [6.45, 7) is 15.8. The highest BCUT2D eigenvalue weighted by molar-refractivity contribution is 7.77. The smallest absolute Gasteiger partial charge is 0.326 e. The van der Waals surface area contributed by atoms with E-state index in [2.05, 4.69) is 61.4 Å². The monoisotopic (exact) mass is 1010 g/mol. The molecule has 1 aromatic carbocycles. The Labute approximate surface area is 429 Å². The molecule has 15 nitrogen and oxygen atoms in total. The maximum Gasteiger partial charge on any atom is 0.326 e. The Morgan fingerprint density at radius 1 is 1.03 bits per heavy atom. The number of hydrogen-bond acceptors (Lipinski definition) is 12. The van der Waals surface area contributed by atoms with Crippen LogP contribution in [0.5, 0.6) is 0 Å². The third-order valence-corrected chi connectivity index (χ3v) is 17.4. The van der Waals surface area contributed by atoms with Gasteiger partial charge in [-0.1, -0.05) is 53.5 Å². The van der Waals surface area contributed by atoms with Crippen LogP contribution in [0.2, 0.25) is 0 Å². The zero-order chi connectivity index (χ0) is 51.6. The number of aryl methyl sites for hydroxylation is 1. The number of likely N-dealkylation sites (N-methyl/N-ethyl adjacent to an activating group) is 2. The molecule has 390 valence electrons. The molecular weight excluding hydrogens is 936 g/mol. The summed E-state index contributed by atoms with van der Waals surface area (Å²) in [4.78, 5) is 84.3. The van der Waals surface area contributed by atoms with Crippen LogP contribution in [0.1, 0.15) is 110 Å². The maximum absolute atomic E-state index is 16.8. The summed E-state index contributed by atoms with van der Waals surface area (Å²) < 4.78 is 33.6. The van der Waals surface area contributed by atoms with Gasteiger partial charge in [-0.15, -0.1) is 0 Å². The minimum absolute atomic E-state index is 0.0529. The molecule has 9 rings (SSSR count). The Kier molecular flexibility index (Phi) is 14.5. The summed E-state index contributed by atoms with van der Waals surface area (Å²) in [6, 6.07) is 8.99. The van der Waals surface area contributed by atoms with Crippen molar-refractivity contribution in [3.63, 3.8) is 0 Å². The Morgan fingerprint density at radius 3 is 2.47 bits per heavy atom. The number of carbonyl (C=O) groups is 5. The number of rotatable bonds is 10. The maximum atomic E-state index is 16.8. The van der Waals surface area contributed by atoms with Crippen molar-refractivity contribution in [3.8, 4) is 11.3 Å². The molecule has 2 unspecified atom stereocenters. The van der Waals surface area contributed by atoms with Crippen molar-refractivity contribution in [2.75, 3.05) is 78.5 Å². The fraction of sp³-hybridized carbons (Fsp3) is 0.636. The molecule has 3 saturated heterocycles. The zero-order valence-electron chi connectivity index (χ0n) is 43.7. The van der Waals surface area contributed by atoms with Gasteiger partial charge >= 0.3 is 5.97 Å². The number of amides is 3. The number of thiol groups is 1. The van der Waals surface area contributed by atoms with Gasteiger partial charge in [0.05, 0.1) is 42.2 Å². The van der Waals surface area contributed by atoms with E-state index in [9.17, 15) is 14.4 Å². The Morgan fingerprint density at radius 2 is 1.78 bits per heavy atom. The Bertz CT molecular complexity index is 2630. The molecule has 4 aliphatic heterocycles. The van der Waals surface area contributed by atoms with Crippen molar-refractivity contribution in [2.24, 2.45) is 22.7 Å². The molecule has 6 bridgehead atoms. The Balaban J connectivity index is 1.05. The number of ether oxygens (including phenoxy) is 2. The van der Waals surface area contributed by atoms with Crippen LogP contribution < -0.4 is 4.90 Å². The number of aromatic nitrogens is 2. The standard InChI is InChI=1S/C55H75FN8O7S/c1-10-37-45-44-39-29-35(18-19-41(39)62(11-2)48(44)38-15-12-22-57-46(37)38)61-27-28-70-36(32-61)30-54(51(68)63-24-13-16-42(64(63)72)50(67)71-33-53(45,5)6)31-40(54)49(66)47(34(3)4)59(9)52(69)55(56)20-25-60(26-21-55)43(65)17-14-23-58(7)8/h12,14-15,17-19,22,29,34,36-37,40,42,45,47,72H,10-11,13,16,20-21,23-28,30-33H2,1-9H3/b17-14+/t36-,37-,40?,42-,45?,47-,54-/m0/s1. The number of hydrazine groups is 1. The van der Waals surface area contributed by atoms with E-state index < -0.39 is 58.4 Å². The van der Waals surface area contributed by atoms with Gasteiger partial charge in [0.2, 0.25) is 11.8 Å². The van der Waals surface area contributed by atoms with Crippen LogP contribution in [-0.2, 0) is 40.0 Å². The number of likely N-dealkylation sites (tertiary alicyclic amines) is 1. The van der Waals surface area contributed by atoms with Gasteiger partial charge < -0.3 is 33.6 Å².